The van der Waals surface area contributed by atoms with Crippen molar-refractivity contribution in [2.75, 3.05) is 6.54 Å². The molecule has 0 saturated heterocycles. The van der Waals surface area contributed by atoms with Crippen molar-refractivity contribution in [1.29, 1.82) is 0 Å². The van der Waals surface area contributed by atoms with Gasteiger partial charge in [0.05, 0.1) is 24.3 Å². The van der Waals surface area contributed by atoms with Crippen LogP contribution in [0.1, 0.15) is 22.6 Å². The Hall–Kier alpha value is -3.06. The Morgan fingerprint density at radius 2 is 1.66 bits per heavy atom. The van der Waals surface area contributed by atoms with Crippen LogP contribution in [-0.2, 0) is 26.1 Å². The quantitative estimate of drug-likeness (QED) is 0.211. The molecule has 3 aromatic carbocycles. The van der Waals surface area contributed by atoms with E-state index in [1.54, 1.807) is 6.33 Å². The van der Waals surface area contributed by atoms with Gasteiger partial charge in [0.1, 0.15) is 12.2 Å². The Morgan fingerprint density at radius 3 is 2.51 bits per heavy atom. The molecular weight excluding hydrogens is 522 g/mol. The van der Waals surface area contributed by atoms with Crippen LogP contribution in [0.3, 0.4) is 0 Å². The first kappa shape index (κ1) is 23.7. The molecule has 0 amide bonds. The second-order valence-corrected chi connectivity index (χ2v) is 9.87. The number of para-hydroxylation sites is 1. The van der Waals surface area contributed by atoms with Crippen LogP contribution in [-0.4, -0.2) is 31.2 Å². The minimum absolute atomic E-state index is 0.636. The topological polar surface area (TPSA) is 46.8 Å². The fourth-order valence-electron chi connectivity index (χ4n) is 4.12. The molecule has 176 valence electrons. The number of rotatable bonds is 9. The van der Waals surface area contributed by atoms with Crippen molar-refractivity contribution in [2.24, 2.45) is 0 Å². The van der Waals surface area contributed by atoms with Crippen LogP contribution in [0, 0.1) is 0 Å². The van der Waals surface area contributed by atoms with Gasteiger partial charge in [-0.05, 0) is 47.9 Å². The third kappa shape index (κ3) is 6.14. The van der Waals surface area contributed by atoms with Crippen LogP contribution in [0.5, 0.6) is 0 Å². The van der Waals surface area contributed by atoms with Gasteiger partial charge in [-0.25, -0.2) is 0 Å². The molecule has 35 heavy (non-hydrogen) atoms. The fraction of sp³-hybridized carbons (Fsp3) is 0.179. The van der Waals surface area contributed by atoms with Gasteiger partial charge in [0.15, 0.2) is 0 Å². The standard InChI is InChI=1S/C28H25BrClN5/c29-24-12-9-21(10-13-24)15-16-34(18-25-14-11-22-5-2-4-8-27(22)32-25)19-28-33-31-20-35(28)17-23-6-1-3-7-26(23)30/h1-14,20H,15-19H2. The van der Waals surface area contributed by atoms with Crippen molar-refractivity contribution in [2.45, 2.75) is 26.1 Å². The summed E-state index contributed by atoms with van der Waals surface area (Å²) in [6.45, 7) is 2.89. The molecule has 0 aliphatic rings. The van der Waals surface area contributed by atoms with Crippen LogP contribution in [0.4, 0.5) is 0 Å². The van der Waals surface area contributed by atoms with Gasteiger partial charge in [-0.1, -0.05) is 82.1 Å². The van der Waals surface area contributed by atoms with E-state index in [0.29, 0.717) is 13.1 Å². The lowest BCUT2D eigenvalue weighted by Crippen LogP contribution is -2.27. The normalized spacial score (nSPS) is 11.4. The van der Waals surface area contributed by atoms with E-state index in [4.69, 9.17) is 16.6 Å². The Bertz CT molecular complexity index is 1420. The number of nitrogens with zero attached hydrogens (tertiary/aromatic N) is 5. The van der Waals surface area contributed by atoms with E-state index in [9.17, 15) is 0 Å². The Balaban J connectivity index is 1.37. The molecule has 0 aliphatic heterocycles. The van der Waals surface area contributed by atoms with Gasteiger partial charge in [0, 0.05) is 28.0 Å². The number of aromatic nitrogens is 4. The van der Waals surface area contributed by atoms with E-state index >= 15 is 0 Å². The first-order valence-electron chi connectivity index (χ1n) is 11.6. The predicted molar refractivity (Wildman–Crippen MR) is 144 cm³/mol. The van der Waals surface area contributed by atoms with Crippen LogP contribution < -0.4 is 0 Å². The van der Waals surface area contributed by atoms with Crippen molar-refractivity contribution in [3.8, 4) is 0 Å². The second kappa shape index (κ2) is 11.1. The van der Waals surface area contributed by atoms with Crippen LogP contribution in [0.2, 0.25) is 5.02 Å². The summed E-state index contributed by atoms with van der Waals surface area (Å²) in [6.07, 6.45) is 2.71. The van der Waals surface area contributed by atoms with Gasteiger partial charge in [-0.15, -0.1) is 10.2 Å². The summed E-state index contributed by atoms with van der Waals surface area (Å²) in [7, 11) is 0. The zero-order chi connectivity index (χ0) is 24.0. The van der Waals surface area contributed by atoms with E-state index in [1.165, 1.54) is 5.56 Å². The Labute approximate surface area is 218 Å². The highest BCUT2D eigenvalue weighted by molar-refractivity contribution is 9.10. The highest BCUT2D eigenvalue weighted by atomic mass is 79.9. The molecular formula is C28H25BrClN5. The number of fused-ring (bicyclic) bond motifs is 1. The molecule has 0 radical (unpaired) electrons. The van der Waals surface area contributed by atoms with Gasteiger partial charge in [0.2, 0.25) is 0 Å². The van der Waals surface area contributed by atoms with Gasteiger partial charge >= 0.3 is 0 Å². The van der Waals surface area contributed by atoms with Gasteiger partial charge in [-0.3, -0.25) is 9.88 Å². The minimum atomic E-state index is 0.636. The van der Waals surface area contributed by atoms with Gasteiger partial charge in [0.25, 0.3) is 0 Å². The molecule has 5 rings (SSSR count). The maximum absolute atomic E-state index is 6.41. The zero-order valence-electron chi connectivity index (χ0n) is 19.2. The molecule has 2 aromatic heterocycles. The SMILES string of the molecule is Clc1ccccc1Cn1cnnc1CN(CCc1ccc(Br)cc1)Cc1ccc2ccccc2n1. The molecule has 0 N–H and O–H groups in total. The number of hydrogen-bond acceptors (Lipinski definition) is 4. The Kier molecular flexibility index (Phi) is 7.52. The maximum atomic E-state index is 6.41. The average Bonchev–Trinajstić information content (AvgIpc) is 3.31. The predicted octanol–water partition coefficient (Wildman–Crippen LogP) is 6.54. The summed E-state index contributed by atoms with van der Waals surface area (Å²) >= 11 is 9.93. The zero-order valence-corrected chi connectivity index (χ0v) is 21.5. The second-order valence-electron chi connectivity index (χ2n) is 8.55. The summed E-state index contributed by atoms with van der Waals surface area (Å²) in [6, 6.07) is 28.9. The van der Waals surface area contributed by atoms with E-state index in [2.05, 4.69) is 84.1 Å². The molecule has 0 spiro atoms. The fourth-order valence-corrected chi connectivity index (χ4v) is 4.58. The molecule has 0 fully saturated rings. The highest BCUT2D eigenvalue weighted by Gasteiger charge is 2.14. The van der Waals surface area contributed by atoms with Crippen molar-refractivity contribution in [3.63, 3.8) is 0 Å². The first-order valence-corrected chi connectivity index (χ1v) is 12.7. The number of pyridine rings is 1. The summed E-state index contributed by atoms with van der Waals surface area (Å²) in [5.41, 5.74) is 4.39. The van der Waals surface area contributed by atoms with Crippen molar-refractivity contribution in [1.82, 2.24) is 24.6 Å². The largest absolute Gasteiger partial charge is 0.312 e. The van der Waals surface area contributed by atoms with E-state index in [1.807, 2.05) is 36.4 Å². The molecule has 0 atom stereocenters. The maximum Gasteiger partial charge on any atom is 0.147 e. The molecule has 5 nitrogen and oxygen atoms in total. The van der Waals surface area contributed by atoms with E-state index in [0.717, 1.165) is 57.0 Å². The van der Waals surface area contributed by atoms with Crippen molar-refractivity contribution >= 4 is 38.4 Å². The molecule has 2 heterocycles. The lowest BCUT2D eigenvalue weighted by atomic mass is 10.1. The van der Waals surface area contributed by atoms with Crippen LogP contribution in [0.25, 0.3) is 10.9 Å². The molecule has 0 unspecified atom stereocenters. The lowest BCUT2D eigenvalue weighted by Gasteiger charge is -2.22. The number of halogens is 2. The van der Waals surface area contributed by atoms with Crippen LogP contribution in [0.15, 0.2) is 95.7 Å². The number of benzene rings is 3. The van der Waals surface area contributed by atoms with Crippen LogP contribution >= 0.6 is 27.5 Å². The monoisotopic (exact) mass is 545 g/mol. The summed E-state index contributed by atoms with van der Waals surface area (Å²) in [5, 5.41) is 10.5. The molecule has 7 heteroatoms. The molecule has 0 aliphatic carbocycles. The third-order valence-electron chi connectivity index (χ3n) is 6.03. The lowest BCUT2D eigenvalue weighted by molar-refractivity contribution is 0.247. The van der Waals surface area contributed by atoms with Crippen molar-refractivity contribution < 1.29 is 0 Å². The average molecular weight is 547 g/mol. The smallest absolute Gasteiger partial charge is 0.147 e. The van der Waals surface area contributed by atoms with Gasteiger partial charge < -0.3 is 4.57 Å². The highest BCUT2D eigenvalue weighted by Crippen LogP contribution is 2.19. The summed E-state index contributed by atoms with van der Waals surface area (Å²) in [4.78, 5) is 7.29. The molecule has 5 aromatic rings. The van der Waals surface area contributed by atoms with E-state index < -0.39 is 0 Å². The molecule has 0 bridgehead atoms. The Morgan fingerprint density at radius 1 is 0.857 bits per heavy atom. The number of hydrogen-bond donors (Lipinski definition) is 0. The van der Waals surface area contributed by atoms with E-state index in [-0.39, 0.29) is 0 Å². The molecule has 0 saturated carbocycles. The summed E-state index contributed by atoms with van der Waals surface area (Å²) in [5.74, 6) is 0.904. The van der Waals surface area contributed by atoms with Gasteiger partial charge in [-0.2, -0.15) is 0 Å². The minimum Gasteiger partial charge on any atom is -0.312 e. The van der Waals surface area contributed by atoms with Crippen molar-refractivity contribution in [3.05, 3.63) is 123 Å². The summed E-state index contributed by atoms with van der Waals surface area (Å²) < 4.78 is 3.16. The third-order valence-corrected chi connectivity index (χ3v) is 6.93. The first-order chi connectivity index (χ1) is 17.1.